The lowest BCUT2D eigenvalue weighted by Crippen LogP contribution is -2.34. The highest BCUT2D eigenvalue weighted by Crippen LogP contribution is 2.38. The van der Waals surface area contributed by atoms with E-state index in [2.05, 4.69) is 89.7 Å². The molecule has 16 rings (SSSR count). The van der Waals surface area contributed by atoms with E-state index in [4.69, 9.17) is 33.6 Å². The number of aliphatic carboxylic acids is 1. The van der Waals surface area contributed by atoms with Gasteiger partial charge in [0.25, 0.3) is 0 Å². The fourth-order valence-electron chi connectivity index (χ4n) is 24.7. The van der Waals surface area contributed by atoms with Crippen molar-refractivity contribution in [3.8, 4) is 0 Å². The number of Topliss-reactive ketones (excluding diaryl/α,β-unsaturated/α-hetero) is 3. The minimum absolute atomic E-state index is 0. The van der Waals surface area contributed by atoms with Crippen molar-refractivity contribution >= 4 is 88.0 Å². The Hall–Kier alpha value is -7.90. The quantitative estimate of drug-likeness (QED) is 0.0298. The molecule has 0 aromatic rings. The third-order valence-electron chi connectivity index (χ3n) is 32.8. The number of esters is 7. The van der Waals surface area contributed by atoms with Gasteiger partial charge < -0.3 is 53.4 Å². The molecule has 0 amide bonds. The molecule has 7 saturated heterocycles. The van der Waals surface area contributed by atoms with Crippen molar-refractivity contribution in [2.45, 2.75) is 450 Å². The first-order valence-electron chi connectivity index (χ1n) is 59.6. The summed E-state index contributed by atoms with van der Waals surface area (Å²) < 4.78 is 44.0. The Morgan fingerprint density at radius 1 is 0.340 bits per heavy atom. The Balaban J connectivity index is 0.000000428. The molecule has 7 aliphatic heterocycles. The number of carboxylic acid groups (broad SMARTS) is 1. The van der Waals surface area contributed by atoms with Gasteiger partial charge in [-0.2, -0.15) is 4.79 Å². The van der Waals surface area contributed by atoms with Gasteiger partial charge in [-0.15, -0.1) is 0 Å². The van der Waals surface area contributed by atoms with Crippen molar-refractivity contribution < 1.29 is 109 Å². The van der Waals surface area contributed by atoms with Crippen molar-refractivity contribution in [2.75, 3.05) is 140 Å². The van der Waals surface area contributed by atoms with Crippen LogP contribution < -0.4 is 5.32 Å². The van der Waals surface area contributed by atoms with Gasteiger partial charge >= 0.3 is 47.8 Å². The zero-order chi connectivity index (χ0) is 108. The van der Waals surface area contributed by atoms with Crippen molar-refractivity contribution in [2.24, 2.45) is 71.0 Å². The molecule has 0 aromatic carbocycles. The van der Waals surface area contributed by atoms with E-state index in [1.807, 2.05) is 27.7 Å². The van der Waals surface area contributed by atoms with Gasteiger partial charge in [-0.3, -0.25) is 43.2 Å². The smallest absolute Gasteiger partial charge is 0.469 e. The molecular formula is C124H218N7O19+5. The summed E-state index contributed by atoms with van der Waals surface area (Å²) in [5.74, 6) is 3.74. The van der Waals surface area contributed by atoms with Crippen LogP contribution in [0.3, 0.4) is 0 Å². The van der Waals surface area contributed by atoms with E-state index < -0.39 is 5.97 Å². The molecule has 0 spiro atoms. The largest absolute Gasteiger partial charge is 0.490 e. The van der Waals surface area contributed by atoms with Gasteiger partial charge in [0.15, 0.2) is 29.8 Å². The number of allylic oxidation sites excluding steroid dienone is 5. The highest BCUT2D eigenvalue weighted by molar-refractivity contribution is 5.87. The zero-order valence-corrected chi connectivity index (χ0v) is 95.7. The van der Waals surface area contributed by atoms with Crippen LogP contribution in [0.5, 0.6) is 0 Å². The average Bonchev–Trinajstić information content (AvgIpc) is 1.59. The number of ether oxygens (including phenoxy) is 7. The van der Waals surface area contributed by atoms with Crippen molar-refractivity contribution in [3.63, 3.8) is 0 Å². The first-order chi connectivity index (χ1) is 71.5. The summed E-state index contributed by atoms with van der Waals surface area (Å²) in [5, 5.41) is 10.5. The van der Waals surface area contributed by atoms with Crippen LogP contribution >= 0.6 is 0 Å². The van der Waals surface area contributed by atoms with Gasteiger partial charge in [0.2, 0.25) is 0 Å². The van der Waals surface area contributed by atoms with Crippen molar-refractivity contribution in [3.05, 3.63) is 42.6 Å². The molecule has 12 unspecified atom stereocenters. The van der Waals surface area contributed by atoms with Gasteiger partial charge in [-0.25, -0.2) is 23.1 Å². The molecule has 16 aliphatic rings. The average molecular weight is 2110 g/mol. The SMILES string of the molecule is C.C.C/C=C\C(=O)OC.C1=C(N2CCCC2)CCCC1.C1=C(N2CCCC2)CCCC1.C1CCNC1.CCOC(=O)CC(C)C1CCCCC1=O.CCOC(=O)CC(C)C1CCCCC1=[N+]1CCCC1.CCOC(=O)CC(C)C1CCCCC1=[N+]1CCCC1.COC(=O)CC(C)C1CCCCC1=O.COC(=O)CC(C)C1CCCCC1=[N+]1CCCC1.COC(=O)CC(C)C1CCCCC1=[N+]1CCCC1.O=C1CCCCC1.[CH2+]C(=O)O. The van der Waals surface area contributed by atoms with Gasteiger partial charge in [-0.1, -0.05) is 120 Å². The van der Waals surface area contributed by atoms with Gasteiger partial charge in [-0.05, 0) is 256 Å². The van der Waals surface area contributed by atoms with Crippen molar-refractivity contribution in [1.82, 2.24) is 15.1 Å². The molecule has 150 heavy (non-hydrogen) atoms. The molecule has 26 heteroatoms. The molecule has 26 nitrogen and oxygen atoms in total. The lowest BCUT2D eigenvalue weighted by atomic mass is 9.77. The molecular weight excluding hydrogens is 1890 g/mol. The van der Waals surface area contributed by atoms with Crippen molar-refractivity contribution in [1.29, 1.82) is 0 Å². The Morgan fingerprint density at radius 3 is 0.793 bits per heavy atom. The summed E-state index contributed by atoms with van der Waals surface area (Å²) >= 11 is 0. The van der Waals surface area contributed by atoms with Crippen LogP contribution in [0.2, 0.25) is 0 Å². The second kappa shape index (κ2) is 82.6. The normalized spacial score (nSPS) is 23.6. The summed E-state index contributed by atoms with van der Waals surface area (Å²) in [5.41, 5.74) is 9.84. The first-order valence-corrected chi connectivity index (χ1v) is 59.6. The zero-order valence-electron chi connectivity index (χ0n) is 95.7. The number of nitrogens with one attached hydrogen (secondary N) is 1. The van der Waals surface area contributed by atoms with E-state index in [0.29, 0.717) is 136 Å². The van der Waals surface area contributed by atoms with Crippen LogP contribution in [-0.2, 0) is 85.9 Å². The minimum atomic E-state index is -1.08. The maximum absolute atomic E-state index is 11.7. The predicted octanol–water partition coefficient (Wildman–Crippen LogP) is 24.4. The van der Waals surface area contributed by atoms with Gasteiger partial charge in [0, 0.05) is 220 Å². The molecule has 7 heterocycles. The van der Waals surface area contributed by atoms with E-state index in [9.17, 15) is 47.9 Å². The number of hydrogen-bond acceptors (Lipinski definition) is 21. The van der Waals surface area contributed by atoms with E-state index in [-0.39, 0.29) is 80.3 Å². The number of carbonyl (C=O) groups excluding carboxylic acids is 10. The molecule has 2 N–H and O–H groups in total. The van der Waals surface area contributed by atoms with E-state index in [1.54, 1.807) is 54.2 Å². The molecule has 12 atom stereocenters. The summed E-state index contributed by atoms with van der Waals surface area (Å²) in [6, 6.07) is 0. The molecule has 858 valence electrons. The monoisotopic (exact) mass is 2110 g/mol. The maximum Gasteiger partial charge on any atom is 0.490 e. The maximum atomic E-state index is 11.7. The third kappa shape index (κ3) is 55.5. The number of hydrogen-bond donors (Lipinski definition) is 2. The van der Waals surface area contributed by atoms with E-state index in [1.165, 1.54) is 377 Å². The Labute approximate surface area is 910 Å². The topological polar surface area (TPSA) is 303 Å². The lowest BCUT2D eigenvalue weighted by molar-refractivity contribution is -0.510. The molecule has 0 bridgehead atoms. The molecule has 0 aromatic heterocycles. The number of methoxy groups -OCH3 is 4. The Kier molecular flexibility index (Phi) is 75.0. The minimum Gasteiger partial charge on any atom is -0.469 e. The van der Waals surface area contributed by atoms with Crippen LogP contribution in [0.15, 0.2) is 35.7 Å². The number of ketones is 3. The molecule has 9 aliphatic carbocycles. The lowest BCUT2D eigenvalue weighted by Gasteiger charge is -2.27. The van der Waals surface area contributed by atoms with Crippen LogP contribution in [-0.4, -0.2) is 261 Å². The number of nitrogens with zero attached hydrogens (tertiary/aromatic N) is 6. The predicted molar refractivity (Wildman–Crippen MR) is 606 cm³/mol. The van der Waals surface area contributed by atoms with Crippen LogP contribution in [0.1, 0.15) is 450 Å². The molecule has 14 fully saturated rings. The summed E-state index contributed by atoms with van der Waals surface area (Å²) in [6.45, 7) is 41.8. The Morgan fingerprint density at radius 2 is 0.587 bits per heavy atom. The van der Waals surface area contributed by atoms with Crippen LogP contribution in [0.4, 0.5) is 0 Å². The third-order valence-corrected chi connectivity index (χ3v) is 32.8. The highest BCUT2D eigenvalue weighted by Gasteiger charge is 2.41. The fraction of sp³-hybridized carbons (Fsp3) is 0.823. The Bertz CT molecular complexity index is 3870. The van der Waals surface area contributed by atoms with E-state index >= 15 is 0 Å². The number of carboxylic acids is 1. The number of likely N-dealkylation sites (tertiary alicyclic amines) is 2. The standard InChI is InChI=1S/2C16H28NO2.2C15H26NO2.C12H20O3.C11H18O3.2C10H17N.C6H10O.C5H8O2.C4H9N.C2H2O2.2CH4/c2*1-3-19-16(18)12-13(2)14-8-4-5-9-15(14)17-10-6-7-11-17;2*1-12(11-15(17)18-2)13-7-3-4-8-14(13)16-9-5-6-10-16;1-3-15-12(14)8-9(2)10-6-4-5-7-11(10)13;1-8(7-11(13)14-2)9-5-3-4-6-10(9)12;2*1-2-6-10(7-3-1)11-8-4-5-9-11;7-6-4-2-1-3-5-6;1-3-4-5(6)7-2;1-2-4-5-3-1;1-2(3)4;;/h2*13-14H,3-12H2,1-2H3;2*12-13H,3-11H2,1-2H3;9-10H,3-8H2,1-2H3;8-9H,3-7H2,1-2H3;2*6H,1-5,7-9H2;1-5H2;3-4H,1-2H3;5H,1-4H2;1H2;2*1H4/q4*+1;;;;;;;;;;/p+1/b;;;;;;;;;4-3-;;;;. The van der Waals surface area contributed by atoms with Crippen LogP contribution in [0.25, 0.3) is 0 Å². The van der Waals surface area contributed by atoms with E-state index in [0.717, 1.165) is 64.2 Å². The summed E-state index contributed by atoms with van der Waals surface area (Å²) in [4.78, 5) is 126. The first kappa shape index (κ1) is 136. The summed E-state index contributed by atoms with van der Waals surface area (Å²) in [6.07, 6.45) is 74.4. The summed E-state index contributed by atoms with van der Waals surface area (Å²) in [7, 11) is 5.71. The number of rotatable bonds is 24. The second-order valence-electron chi connectivity index (χ2n) is 44.3. The number of carbonyl (C=O) groups is 11. The van der Waals surface area contributed by atoms with Gasteiger partial charge in [0.1, 0.15) is 69.7 Å². The fourth-order valence-corrected chi connectivity index (χ4v) is 24.7. The molecule has 7 saturated carbocycles. The van der Waals surface area contributed by atoms with Crippen LogP contribution in [0, 0.1) is 77.9 Å². The second-order valence-corrected chi connectivity index (χ2v) is 44.3. The highest BCUT2D eigenvalue weighted by atomic mass is 16.5. The molecule has 0 radical (unpaired) electrons. The van der Waals surface area contributed by atoms with Gasteiger partial charge in [0.05, 0.1) is 48.3 Å².